The second-order valence-corrected chi connectivity index (χ2v) is 5.97. The Morgan fingerprint density at radius 1 is 1.29 bits per heavy atom. The number of likely N-dealkylation sites (N-methyl/N-ethyl adjacent to an activating group) is 1. The van der Waals surface area contributed by atoms with E-state index in [-0.39, 0.29) is 17.0 Å². The lowest BCUT2D eigenvalue weighted by Crippen LogP contribution is -2.38. The molecule has 0 aliphatic carbocycles. The summed E-state index contributed by atoms with van der Waals surface area (Å²) in [7, 11) is 0. The van der Waals surface area contributed by atoms with Gasteiger partial charge in [-0.3, -0.25) is 9.59 Å². The van der Waals surface area contributed by atoms with Crippen LogP contribution >= 0.6 is 11.6 Å². The first-order valence-corrected chi connectivity index (χ1v) is 8.18. The molecule has 1 aromatic carbocycles. The first kappa shape index (κ1) is 18.1. The quantitative estimate of drug-likeness (QED) is 0.872. The Labute approximate surface area is 146 Å². The van der Waals surface area contributed by atoms with Crippen molar-refractivity contribution < 1.29 is 9.53 Å². The highest BCUT2D eigenvalue weighted by molar-refractivity contribution is 6.30. The molecule has 1 aromatic heterocycles. The van der Waals surface area contributed by atoms with Crippen LogP contribution in [0.1, 0.15) is 28.5 Å². The topological polar surface area (TPSA) is 62.4 Å². The van der Waals surface area contributed by atoms with E-state index in [0.29, 0.717) is 36.0 Å². The van der Waals surface area contributed by atoms with E-state index in [9.17, 15) is 9.59 Å². The molecule has 24 heavy (non-hydrogen) atoms. The van der Waals surface area contributed by atoms with Crippen LogP contribution in [0.5, 0.6) is 5.75 Å². The minimum atomic E-state index is -0.355. The van der Waals surface area contributed by atoms with Crippen LogP contribution < -0.4 is 10.3 Å². The van der Waals surface area contributed by atoms with E-state index >= 15 is 0 Å². The van der Waals surface area contributed by atoms with E-state index in [1.807, 2.05) is 6.92 Å². The first-order chi connectivity index (χ1) is 11.4. The molecule has 0 aliphatic rings. The number of halogens is 1. The SMILES string of the molecule is CCN(CCOc1cccc(Cl)c1)C(=O)c1c(C)cc(C)[nH]c1=O. The number of aryl methyl sites for hydroxylation is 2. The summed E-state index contributed by atoms with van der Waals surface area (Å²) in [4.78, 5) is 29.0. The van der Waals surface area contributed by atoms with Crippen molar-refractivity contribution in [1.29, 1.82) is 0 Å². The molecule has 0 spiro atoms. The molecule has 0 unspecified atom stereocenters. The molecule has 0 bridgehead atoms. The summed E-state index contributed by atoms with van der Waals surface area (Å²) in [5.41, 5.74) is 1.24. The Morgan fingerprint density at radius 2 is 2.04 bits per heavy atom. The van der Waals surface area contributed by atoms with Gasteiger partial charge >= 0.3 is 0 Å². The normalized spacial score (nSPS) is 10.5. The molecule has 1 N–H and O–H groups in total. The third-order valence-corrected chi connectivity index (χ3v) is 3.91. The molecular weight excluding hydrogens is 328 g/mol. The maximum Gasteiger partial charge on any atom is 0.261 e. The molecule has 128 valence electrons. The molecule has 6 heteroatoms. The standard InChI is InChI=1S/C18H21ClN2O3/c1-4-21(8-9-24-15-7-5-6-14(19)11-15)18(23)16-12(2)10-13(3)20-17(16)22/h5-7,10-11H,4,8-9H2,1-3H3,(H,20,22). The van der Waals surface area contributed by atoms with Gasteiger partial charge in [-0.2, -0.15) is 0 Å². The van der Waals surface area contributed by atoms with Gasteiger partial charge in [0.15, 0.2) is 0 Å². The van der Waals surface area contributed by atoms with Crippen LogP contribution in [-0.4, -0.2) is 35.5 Å². The van der Waals surface area contributed by atoms with Crippen LogP contribution in [0.3, 0.4) is 0 Å². The van der Waals surface area contributed by atoms with Gasteiger partial charge in [0.25, 0.3) is 11.5 Å². The van der Waals surface area contributed by atoms with E-state index in [2.05, 4.69) is 4.98 Å². The predicted octanol–water partition coefficient (Wildman–Crippen LogP) is 3.19. The fourth-order valence-electron chi connectivity index (χ4n) is 2.51. The van der Waals surface area contributed by atoms with Crippen molar-refractivity contribution in [3.05, 3.63) is 62.5 Å². The molecule has 0 aliphatic heterocycles. The molecule has 2 rings (SSSR count). The summed E-state index contributed by atoms with van der Waals surface area (Å²) in [5, 5.41) is 0.595. The Hall–Kier alpha value is -2.27. The van der Waals surface area contributed by atoms with Crippen molar-refractivity contribution >= 4 is 17.5 Å². The molecular formula is C18H21ClN2O3. The number of amides is 1. The zero-order valence-corrected chi connectivity index (χ0v) is 14.8. The van der Waals surface area contributed by atoms with E-state index in [4.69, 9.17) is 16.3 Å². The number of carbonyl (C=O) groups excluding carboxylic acids is 1. The van der Waals surface area contributed by atoms with Crippen molar-refractivity contribution in [2.75, 3.05) is 19.7 Å². The molecule has 0 saturated carbocycles. The number of ether oxygens (including phenoxy) is 1. The summed E-state index contributed by atoms with van der Waals surface area (Å²) >= 11 is 5.91. The van der Waals surface area contributed by atoms with Crippen LogP contribution in [0.25, 0.3) is 0 Å². The largest absolute Gasteiger partial charge is 0.492 e. The fraction of sp³-hybridized carbons (Fsp3) is 0.333. The van der Waals surface area contributed by atoms with Crippen LogP contribution in [0.2, 0.25) is 5.02 Å². The number of pyridine rings is 1. The van der Waals surface area contributed by atoms with Gasteiger partial charge in [-0.05, 0) is 50.6 Å². The Morgan fingerprint density at radius 3 is 2.67 bits per heavy atom. The lowest BCUT2D eigenvalue weighted by Gasteiger charge is -2.21. The predicted molar refractivity (Wildman–Crippen MR) is 95.1 cm³/mol. The van der Waals surface area contributed by atoms with Gasteiger partial charge in [-0.1, -0.05) is 17.7 Å². The fourth-order valence-corrected chi connectivity index (χ4v) is 2.69. The van der Waals surface area contributed by atoms with E-state index in [1.54, 1.807) is 49.1 Å². The Bertz CT molecular complexity index is 786. The van der Waals surface area contributed by atoms with Gasteiger partial charge in [0.1, 0.15) is 17.9 Å². The number of hydrogen-bond donors (Lipinski definition) is 1. The van der Waals surface area contributed by atoms with Gasteiger partial charge in [-0.25, -0.2) is 0 Å². The number of carbonyl (C=O) groups is 1. The highest BCUT2D eigenvalue weighted by atomic mass is 35.5. The number of nitrogens with one attached hydrogen (secondary N) is 1. The zero-order valence-electron chi connectivity index (χ0n) is 14.1. The average molecular weight is 349 g/mol. The highest BCUT2D eigenvalue weighted by Crippen LogP contribution is 2.17. The lowest BCUT2D eigenvalue weighted by atomic mass is 10.1. The maximum absolute atomic E-state index is 12.7. The smallest absolute Gasteiger partial charge is 0.261 e. The number of benzene rings is 1. The second-order valence-electron chi connectivity index (χ2n) is 5.53. The average Bonchev–Trinajstić information content (AvgIpc) is 2.50. The molecule has 5 nitrogen and oxygen atoms in total. The molecule has 0 radical (unpaired) electrons. The number of aromatic nitrogens is 1. The number of nitrogens with zero attached hydrogens (tertiary/aromatic N) is 1. The molecule has 0 atom stereocenters. The van der Waals surface area contributed by atoms with Gasteiger partial charge in [0, 0.05) is 17.3 Å². The van der Waals surface area contributed by atoms with E-state index < -0.39 is 0 Å². The molecule has 0 saturated heterocycles. The lowest BCUT2D eigenvalue weighted by molar-refractivity contribution is 0.0737. The van der Waals surface area contributed by atoms with Crippen LogP contribution in [0.15, 0.2) is 35.1 Å². The zero-order chi connectivity index (χ0) is 17.7. The van der Waals surface area contributed by atoms with Crippen molar-refractivity contribution in [2.24, 2.45) is 0 Å². The van der Waals surface area contributed by atoms with E-state index in [1.165, 1.54) is 0 Å². The Kier molecular flexibility index (Phi) is 6.04. The summed E-state index contributed by atoms with van der Waals surface area (Å²) in [6.07, 6.45) is 0. The maximum atomic E-state index is 12.7. The molecule has 1 heterocycles. The third kappa shape index (κ3) is 4.38. The third-order valence-electron chi connectivity index (χ3n) is 3.67. The van der Waals surface area contributed by atoms with Crippen LogP contribution in [0.4, 0.5) is 0 Å². The van der Waals surface area contributed by atoms with Gasteiger partial charge in [0.2, 0.25) is 0 Å². The van der Waals surface area contributed by atoms with Crippen molar-refractivity contribution in [1.82, 2.24) is 9.88 Å². The summed E-state index contributed by atoms with van der Waals surface area (Å²) in [6, 6.07) is 8.89. The number of H-pyrrole nitrogens is 1. The van der Waals surface area contributed by atoms with Crippen LogP contribution in [-0.2, 0) is 0 Å². The first-order valence-electron chi connectivity index (χ1n) is 7.80. The second kappa shape index (κ2) is 8.02. The van der Waals surface area contributed by atoms with Gasteiger partial charge in [0.05, 0.1) is 6.54 Å². The summed E-state index contributed by atoms with van der Waals surface area (Å²) in [5.74, 6) is 0.362. The Balaban J connectivity index is 2.06. The summed E-state index contributed by atoms with van der Waals surface area (Å²) < 4.78 is 5.62. The highest BCUT2D eigenvalue weighted by Gasteiger charge is 2.20. The molecule has 2 aromatic rings. The summed E-state index contributed by atoms with van der Waals surface area (Å²) in [6.45, 7) is 6.63. The molecule has 1 amide bonds. The minimum Gasteiger partial charge on any atom is -0.492 e. The monoisotopic (exact) mass is 348 g/mol. The number of rotatable bonds is 6. The van der Waals surface area contributed by atoms with Crippen molar-refractivity contribution in [3.63, 3.8) is 0 Å². The van der Waals surface area contributed by atoms with E-state index in [0.717, 1.165) is 5.69 Å². The van der Waals surface area contributed by atoms with Crippen molar-refractivity contribution in [2.45, 2.75) is 20.8 Å². The van der Waals surface area contributed by atoms with Crippen LogP contribution in [0, 0.1) is 13.8 Å². The number of hydrogen-bond acceptors (Lipinski definition) is 3. The van der Waals surface area contributed by atoms with Gasteiger partial charge in [-0.15, -0.1) is 0 Å². The number of aromatic amines is 1. The van der Waals surface area contributed by atoms with Gasteiger partial charge < -0.3 is 14.6 Å². The molecule has 0 fully saturated rings. The minimum absolute atomic E-state index is 0.185. The van der Waals surface area contributed by atoms with Crippen molar-refractivity contribution in [3.8, 4) is 5.75 Å².